The summed E-state index contributed by atoms with van der Waals surface area (Å²) in [7, 11) is -4.12. The molecule has 0 saturated carbocycles. The van der Waals surface area contributed by atoms with Gasteiger partial charge in [-0.3, -0.25) is 0 Å². The lowest BCUT2D eigenvalue weighted by Crippen LogP contribution is -2.04. The van der Waals surface area contributed by atoms with E-state index in [0.29, 0.717) is 5.02 Å². The molecule has 0 unspecified atom stereocenters. The van der Waals surface area contributed by atoms with E-state index in [9.17, 15) is 13.6 Å². The van der Waals surface area contributed by atoms with E-state index in [1.54, 1.807) is 12.1 Å². The van der Waals surface area contributed by atoms with Crippen LogP contribution in [0.3, 0.4) is 0 Å². The fourth-order valence-electron chi connectivity index (χ4n) is 1.44. The summed E-state index contributed by atoms with van der Waals surface area (Å²) in [6.45, 7) is 1.82. The van der Waals surface area contributed by atoms with E-state index in [0.717, 1.165) is 5.56 Å². The molecule has 2 rings (SSSR count). The third kappa shape index (κ3) is 3.93. The second kappa shape index (κ2) is 6.11. The Bertz CT molecular complexity index is 756. The lowest BCUT2D eigenvalue weighted by molar-refractivity contribution is -0.468. The molecule has 0 fully saturated rings. The fraction of sp³-hybridized carbons (Fsp3) is 0.0769. The Hall–Kier alpha value is -2.12. The molecule has 0 aromatic heterocycles. The Morgan fingerprint density at radius 2 is 1.67 bits per heavy atom. The first-order chi connectivity index (χ1) is 9.88. The number of halogens is 1. The van der Waals surface area contributed by atoms with Crippen molar-refractivity contribution in [1.82, 2.24) is 0 Å². The molecule has 0 heterocycles. The molecule has 2 aromatic rings. The van der Waals surface area contributed by atoms with Crippen molar-refractivity contribution >= 4 is 27.4 Å². The standard InChI is InChI=1S/C13H11ClN2O4S/c1-10-2-8-13(9-3-10)21(18,19)20-15-16(17)12-6-4-11(14)5-7-12/h2-9H,1H3/b16-15-. The van der Waals surface area contributed by atoms with Gasteiger partial charge in [-0.25, -0.2) is 4.28 Å². The summed E-state index contributed by atoms with van der Waals surface area (Å²) < 4.78 is 28.0. The van der Waals surface area contributed by atoms with Gasteiger partial charge in [0.05, 0.1) is 0 Å². The van der Waals surface area contributed by atoms with Gasteiger partial charge in [-0.2, -0.15) is 8.42 Å². The molecule has 110 valence electrons. The molecule has 2 aromatic carbocycles. The number of nitrogens with zero attached hydrogens (tertiary/aromatic N) is 2. The van der Waals surface area contributed by atoms with Gasteiger partial charge in [0.25, 0.3) is 0 Å². The quantitative estimate of drug-likeness (QED) is 0.488. The second-order valence-electron chi connectivity index (χ2n) is 4.17. The van der Waals surface area contributed by atoms with E-state index >= 15 is 0 Å². The molecule has 0 N–H and O–H groups in total. The van der Waals surface area contributed by atoms with Crippen LogP contribution in [0.25, 0.3) is 0 Å². The summed E-state index contributed by atoms with van der Waals surface area (Å²) in [6, 6.07) is 11.7. The van der Waals surface area contributed by atoms with Crippen molar-refractivity contribution in [2.45, 2.75) is 11.8 Å². The first-order valence-electron chi connectivity index (χ1n) is 5.82. The Kier molecular flexibility index (Phi) is 4.44. The molecule has 0 aliphatic heterocycles. The summed E-state index contributed by atoms with van der Waals surface area (Å²) in [5.74, 6) is 0. The van der Waals surface area contributed by atoms with E-state index < -0.39 is 10.1 Å². The minimum Gasteiger partial charge on any atom is -0.592 e. The molecular formula is C13H11ClN2O4S. The van der Waals surface area contributed by atoms with Gasteiger partial charge >= 0.3 is 10.1 Å². The van der Waals surface area contributed by atoms with E-state index in [-0.39, 0.29) is 15.4 Å². The zero-order chi connectivity index (χ0) is 15.5. The van der Waals surface area contributed by atoms with E-state index in [4.69, 9.17) is 11.6 Å². The number of aryl methyl sites for hydroxylation is 1. The predicted octanol–water partition coefficient (Wildman–Crippen LogP) is 3.56. The average molecular weight is 327 g/mol. The summed E-state index contributed by atoms with van der Waals surface area (Å²) in [4.78, 5) is -0.0245. The lowest BCUT2D eigenvalue weighted by Gasteiger charge is -2.01. The average Bonchev–Trinajstić information content (AvgIpc) is 2.46. The van der Waals surface area contributed by atoms with Crippen LogP contribution in [0, 0.1) is 12.1 Å². The molecule has 0 aliphatic rings. The predicted molar refractivity (Wildman–Crippen MR) is 76.6 cm³/mol. The van der Waals surface area contributed by atoms with Crippen LogP contribution in [0.5, 0.6) is 0 Å². The van der Waals surface area contributed by atoms with Crippen LogP contribution in [-0.2, 0) is 14.4 Å². The SMILES string of the molecule is Cc1ccc(S(=O)(=O)O/N=[N+](\[O-])c2ccc(Cl)cc2)cc1. The van der Waals surface area contributed by atoms with Crippen molar-refractivity contribution < 1.29 is 17.6 Å². The first kappa shape index (κ1) is 15.3. The molecular weight excluding hydrogens is 316 g/mol. The maximum Gasteiger partial charge on any atom is 0.363 e. The number of benzene rings is 2. The molecule has 0 atom stereocenters. The highest BCUT2D eigenvalue weighted by atomic mass is 35.5. The van der Waals surface area contributed by atoms with Crippen molar-refractivity contribution in [3.05, 3.63) is 64.3 Å². The van der Waals surface area contributed by atoms with Crippen molar-refractivity contribution in [1.29, 1.82) is 0 Å². The van der Waals surface area contributed by atoms with Gasteiger partial charge in [-0.1, -0.05) is 29.3 Å². The topological polar surface area (TPSA) is 81.8 Å². The highest BCUT2D eigenvalue weighted by molar-refractivity contribution is 7.86. The van der Waals surface area contributed by atoms with Crippen LogP contribution in [0.15, 0.2) is 58.7 Å². The van der Waals surface area contributed by atoms with Gasteiger partial charge in [-0.05, 0) is 36.0 Å². The van der Waals surface area contributed by atoms with Crippen LogP contribution >= 0.6 is 11.6 Å². The van der Waals surface area contributed by atoms with Gasteiger partial charge in [0, 0.05) is 17.2 Å². The van der Waals surface area contributed by atoms with Crippen LogP contribution in [0.4, 0.5) is 5.69 Å². The molecule has 8 heteroatoms. The van der Waals surface area contributed by atoms with Crippen molar-refractivity contribution in [3.63, 3.8) is 0 Å². The van der Waals surface area contributed by atoms with Gasteiger partial charge in [0.1, 0.15) is 4.90 Å². The molecule has 21 heavy (non-hydrogen) atoms. The van der Waals surface area contributed by atoms with Crippen molar-refractivity contribution in [2.24, 2.45) is 5.28 Å². The maximum atomic E-state index is 11.8. The third-order valence-corrected chi connectivity index (χ3v) is 3.93. The third-order valence-electron chi connectivity index (χ3n) is 2.56. The van der Waals surface area contributed by atoms with Gasteiger partial charge in [-0.15, -0.1) is 0 Å². The Balaban J connectivity index is 2.18. The lowest BCUT2D eigenvalue weighted by atomic mass is 10.2. The van der Waals surface area contributed by atoms with Crippen LogP contribution in [-0.4, -0.2) is 13.3 Å². The Labute approximate surface area is 126 Å². The highest BCUT2D eigenvalue weighted by Crippen LogP contribution is 2.18. The zero-order valence-electron chi connectivity index (χ0n) is 10.9. The first-order valence-corrected chi connectivity index (χ1v) is 7.61. The molecule has 0 amide bonds. The second-order valence-corrected chi connectivity index (χ2v) is 6.14. The summed E-state index contributed by atoms with van der Waals surface area (Å²) in [5.41, 5.74) is 0.996. The largest absolute Gasteiger partial charge is 0.592 e. The number of rotatable bonds is 4. The molecule has 0 bridgehead atoms. The summed E-state index contributed by atoms with van der Waals surface area (Å²) in [5, 5.41) is 15.1. The Morgan fingerprint density at radius 1 is 1.10 bits per heavy atom. The number of hydrogen-bond donors (Lipinski definition) is 0. The molecule has 6 nitrogen and oxygen atoms in total. The maximum absolute atomic E-state index is 11.8. The van der Waals surface area contributed by atoms with Crippen LogP contribution in [0.2, 0.25) is 5.02 Å². The van der Waals surface area contributed by atoms with E-state index in [1.165, 1.54) is 36.4 Å². The minimum absolute atomic E-state index is 0.0576. The van der Waals surface area contributed by atoms with E-state index in [2.05, 4.69) is 9.56 Å². The highest BCUT2D eigenvalue weighted by Gasteiger charge is 2.17. The molecule has 0 saturated heterocycles. The van der Waals surface area contributed by atoms with Gasteiger partial charge in [0.2, 0.25) is 11.0 Å². The molecule has 0 spiro atoms. The normalized spacial score (nSPS) is 12.2. The van der Waals surface area contributed by atoms with Crippen LogP contribution in [0.1, 0.15) is 5.56 Å². The Morgan fingerprint density at radius 3 is 2.24 bits per heavy atom. The minimum atomic E-state index is -4.12. The smallest absolute Gasteiger partial charge is 0.363 e. The molecule has 0 radical (unpaired) electrons. The fourth-order valence-corrected chi connectivity index (χ4v) is 2.27. The van der Waals surface area contributed by atoms with E-state index in [1.807, 2.05) is 6.92 Å². The van der Waals surface area contributed by atoms with Gasteiger partial charge < -0.3 is 5.21 Å². The summed E-state index contributed by atoms with van der Waals surface area (Å²) in [6.07, 6.45) is 0. The van der Waals surface area contributed by atoms with Crippen molar-refractivity contribution in [3.8, 4) is 0 Å². The zero-order valence-corrected chi connectivity index (χ0v) is 12.5. The molecule has 0 aliphatic carbocycles. The van der Waals surface area contributed by atoms with Crippen molar-refractivity contribution in [2.75, 3.05) is 0 Å². The number of hydrogen-bond acceptors (Lipinski definition) is 5. The summed E-state index contributed by atoms with van der Waals surface area (Å²) >= 11 is 5.68. The monoisotopic (exact) mass is 326 g/mol. The van der Waals surface area contributed by atoms with Crippen LogP contribution < -0.4 is 0 Å². The van der Waals surface area contributed by atoms with Gasteiger partial charge in [0.15, 0.2) is 0 Å².